The lowest BCUT2D eigenvalue weighted by atomic mass is 10.0. The number of pyridine rings is 1. The summed E-state index contributed by atoms with van der Waals surface area (Å²) in [6.07, 6.45) is 1.44. The molecule has 2 aliphatic rings. The average Bonchev–Trinajstić information content (AvgIpc) is 2.93. The van der Waals surface area contributed by atoms with Gasteiger partial charge in [0.25, 0.3) is 0 Å². The molecule has 0 amide bonds. The molecule has 21 heavy (non-hydrogen) atoms. The van der Waals surface area contributed by atoms with Crippen LogP contribution in [0.2, 0.25) is 15.2 Å². The van der Waals surface area contributed by atoms with Crippen molar-refractivity contribution in [3.05, 3.63) is 20.8 Å². The van der Waals surface area contributed by atoms with Crippen LogP contribution in [0.3, 0.4) is 0 Å². The number of ether oxygens (including phenoxy) is 2. The quantitative estimate of drug-likeness (QED) is 0.729. The van der Waals surface area contributed by atoms with Gasteiger partial charge in [0.2, 0.25) is 0 Å². The van der Waals surface area contributed by atoms with Gasteiger partial charge in [-0.25, -0.2) is 4.98 Å². The van der Waals surface area contributed by atoms with Gasteiger partial charge in [0.1, 0.15) is 16.7 Å². The molecule has 0 bridgehead atoms. The van der Waals surface area contributed by atoms with E-state index in [9.17, 15) is 0 Å². The van der Waals surface area contributed by atoms with Gasteiger partial charge in [0, 0.05) is 25.9 Å². The van der Waals surface area contributed by atoms with Crippen molar-refractivity contribution >= 4 is 40.6 Å². The van der Waals surface area contributed by atoms with Crippen LogP contribution in [-0.2, 0) is 9.47 Å². The van der Waals surface area contributed by atoms with Gasteiger partial charge in [0.05, 0.1) is 18.2 Å². The van der Waals surface area contributed by atoms with Crippen LogP contribution in [0.1, 0.15) is 18.4 Å². The maximum atomic E-state index is 9.00. The Hall–Kier alpha value is -0.770. The van der Waals surface area contributed by atoms with Crippen molar-refractivity contribution < 1.29 is 9.47 Å². The molecule has 3 heterocycles. The number of hydrogen-bond donors (Lipinski definition) is 0. The van der Waals surface area contributed by atoms with E-state index >= 15 is 0 Å². The molecule has 5 nitrogen and oxygen atoms in total. The second-order valence-electron chi connectivity index (χ2n) is 4.94. The Labute approximate surface area is 137 Å². The smallest absolute Gasteiger partial charge is 0.171 e. The second-order valence-corrected chi connectivity index (χ2v) is 6.05. The summed E-state index contributed by atoms with van der Waals surface area (Å²) in [4.78, 5) is 6.20. The SMILES string of the molecule is N#Cc1c(Cl)nc(N2CCC3(CC2)OCCO3)c(Cl)c1Cl. The number of nitriles is 1. The van der Waals surface area contributed by atoms with Gasteiger partial charge in [-0.1, -0.05) is 34.8 Å². The lowest BCUT2D eigenvalue weighted by molar-refractivity contribution is -0.169. The van der Waals surface area contributed by atoms with Gasteiger partial charge in [-0.05, 0) is 0 Å². The first-order valence-electron chi connectivity index (χ1n) is 6.54. The predicted octanol–water partition coefficient (Wildman–Crippen LogP) is 3.26. The van der Waals surface area contributed by atoms with E-state index in [1.54, 1.807) is 0 Å². The minimum Gasteiger partial charge on any atom is -0.355 e. The molecule has 0 aliphatic carbocycles. The Kier molecular flexibility index (Phi) is 4.17. The summed E-state index contributed by atoms with van der Waals surface area (Å²) in [5, 5.41) is 9.46. The van der Waals surface area contributed by atoms with Gasteiger partial charge in [0.15, 0.2) is 16.8 Å². The largest absolute Gasteiger partial charge is 0.355 e. The summed E-state index contributed by atoms with van der Waals surface area (Å²) >= 11 is 18.3. The van der Waals surface area contributed by atoms with Crippen molar-refractivity contribution in [2.24, 2.45) is 0 Å². The van der Waals surface area contributed by atoms with Crippen LogP contribution in [-0.4, -0.2) is 37.1 Å². The third-order valence-corrected chi connectivity index (χ3v) is 4.88. The van der Waals surface area contributed by atoms with Crippen molar-refractivity contribution in [3.8, 4) is 6.07 Å². The minimum absolute atomic E-state index is 0.0653. The molecule has 0 radical (unpaired) electrons. The Bertz CT molecular complexity index is 602. The number of aromatic nitrogens is 1. The first-order chi connectivity index (χ1) is 10.1. The molecule has 0 N–H and O–H groups in total. The normalized spacial score (nSPS) is 20.8. The fourth-order valence-electron chi connectivity index (χ4n) is 2.65. The number of hydrogen-bond acceptors (Lipinski definition) is 5. The van der Waals surface area contributed by atoms with E-state index in [1.807, 2.05) is 11.0 Å². The van der Waals surface area contributed by atoms with E-state index in [4.69, 9.17) is 49.5 Å². The highest BCUT2D eigenvalue weighted by molar-refractivity contribution is 6.45. The monoisotopic (exact) mass is 347 g/mol. The molecule has 1 aromatic rings. The van der Waals surface area contributed by atoms with Gasteiger partial charge in [-0.15, -0.1) is 0 Å². The molecule has 0 aromatic carbocycles. The van der Waals surface area contributed by atoms with Crippen molar-refractivity contribution in [1.29, 1.82) is 5.26 Å². The second kappa shape index (κ2) is 5.79. The first-order valence-corrected chi connectivity index (χ1v) is 7.67. The van der Waals surface area contributed by atoms with E-state index in [1.165, 1.54) is 0 Å². The third kappa shape index (κ3) is 2.67. The summed E-state index contributed by atoms with van der Waals surface area (Å²) in [5.74, 6) is 0.0295. The Morgan fingerprint density at radius 2 is 1.71 bits per heavy atom. The molecule has 8 heteroatoms. The van der Waals surface area contributed by atoms with Gasteiger partial charge < -0.3 is 14.4 Å². The van der Waals surface area contributed by atoms with E-state index in [2.05, 4.69) is 4.98 Å². The summed E-state index contributed by atoms with van der Waals surface area (Å²) in [6, 6.07) is 1.90. The highest BCUT2D eigenvalue weighted by atomic mass is 35.5. The lowest BCUT2D eigenvalue weighted by Gasteiger charge is -2.38. The topological polar surface area (TPSA) is 58.4 Å². The number of nitrogens with zero attached hydrogens (tertiary/aromatic N) is 3. The molecule has 2 fully saturated rings. The maximum absolute atomic E-state index is 9.00. The zero-order chi connectivity index (χ0) is 15.0. The molecule has 3 rings (SSSR count). The Balaban J connectivity index is 1.84. The summed E-state index contributed by atoms with van der Waals surface area (Å²) in [6.45, 7) is 2.61. The summed E-state index contributed by atoms with van der Waals surface area (Å²) in [5.41, 5.74) is 0.100. The fraction of sp³-hybridized carbons (Fsp3) is 0.538. The Morgan fingerprint density at radius 3 is 2.29 bits per heavy atom. The molecule has 0 saturated carbocycles. The third-order valence-electron chi connectivity index (χ3n) is 3.77. The van der Waals surface area contributed by atoms with Crippen LogP contribution in [0.15, 0.2) is 0 Å². The highest BCUT2D eigenvalue weighted by Gasteiger charge is 2.40. The van der Waals surface area contributed by atoms with Crippen molar-refractivity contribution in [2.75, 3.05) is 31.2 Å². The summed E-state index contributed by atoms with van der Waals surface area (Å²) < 4.78 is 11.4. The van der Waals surface area contributed by atoms with Crippen LogP contribution in [0.5, 0.6) is 0 Å². The van der Waals surface area contributed by atoms with E-state index < -0.39 is 5.79 Å². The number of rotatable bonds is 1. The van der Waals surface area contributed by atoms with Crippen LogP contribution >= 0.6 is 34.8 Å². The lowest BCUT2D eigenvalue weighted by Crippen LogP contribution is -2.45. The van der Waals surface area contributed by atoms with Crippen LogP contribution in [0.4, 0.5) is 5.82 Å². The van der Waals surface area contributed by atoms with Crippen molar-refractivity contribution in [2.45, 2.75) is 18.6 Å². The molecule has 0 atom stereocenters. The van der Waals surface area contributed by atoms with Crippen molar-refractivity contribution in [3.63, 3.8) is 0 Å². The minimum atomic E-state index is -0.469. The molecule has 1 aromatic heterocycles. The van der Waals surface area contributed by atoms with Crippen LogP contribution in [0.25, 0.3) is 0 Å². The molecular formula is C13H12Cl3N3O2. The van der Waals surface area contributed by atoms with Crippen LogP contribution < -0.4 is 4.90 Å². The van der Waals surface area contributed by atoms with Gasteiger partial charge in [-0.2, -0.15) is 5.26 Å². The van der Waals surface area contributed by atoms with Crippen molar-refractivity contribution in [1.82, 2.24) is 4.98 Å². The predicted molar refractivity (Wildman–Crippen MR) is 80.1 cm³/mol. The van der Waals surface area contributed by atoms with E-state index in [-0.39, 0.29) is 20.8 Å². The van der Waals surface area contributed by atoms with E-state index in [0.29, 0.717) is 32.1 Å². The molecule has 2 saturated heterocycles. The average molecular weight is 349 g/mol. The Morgan fingerprint density at radius 1 is 1.10 bits per heavy atom. The fourth-order valence-corrected chi connectivity index (χ4v) is 3.38. The molecule has 1 spiro atoms. The van der Waals surface area contributed by atoms with Gasteiger partial charge in [-0.3, -0.25) is 0 Å². The number of anilines is 1. The molecule has 2 aliphatic heterocycles. The van der Waals surface area contributed by atoms with Crippen LogP contribution in [0, 0.1) is 11.3 Å². The highest BCUT2D eigenvalue weighted by Crippen LogP contribution is 2.39. The summed E-state index contributed by atoms with van der Waals surface area (Å²) in [7, 11) is 0. The zero-order valence-electron chi connectivity index (χ0n) is 11.0. The molecular weight excluding hydrogens is 337 g/mol. The van der Waals surface area contributed by atoms with E-state index in [0.717, 1.165) is 12.8 Å². The maximum Gasteiger partial charge on any atom is 0.171 e. The number of halogens is 3. The standard InChI is InChI=1S/C13H12Cl3N3O2/c14-9-8(7-17)11(16)18-12(10(9)15)19-3-1-13(2-4-19)20-5-6-21-13/h1-6H2. The molecule has 112 valence electrons. The zero-order valence-corrected chi connectivity index (χ0v) is 13.3. The van der Waals surface area contributed by atoms with Gasteiger partial charge >= 0.3 is 0 Å². The molecule has 0 unspecified atom stereocenters. The number of piperidine rings is 1. The first kappa shape index (κ1) is 15.1.